The van der Waals surface area contributed by atoms with Crippen molar-refractivity contribution in [3.05, 3.63) is 34.3 Å². The van der Waals surface area contributed by atoms with E-state index in [2.05, 4.69) is 0 Å². The molecule has 1 atom stereocenters. The van der Waals surface area contributed by atoms with Crippen molar-refractivity contribution < 1.29 is 9.53 Å². The van der Waals surface area contributed by atoms with E-state index < -0.39 is 0 Å². The molecule has 0 aromatic heterocycles. The maximum Gasteiger partial charge on any atom is 0.313 e. The third kappa shape index (κ3) is 1.50. The summed E-state index contributed by atoms with van der Waals surface area (Å²) in [5.74, 6) is -0.238. The van der Waals surface area contributed by atoms with Crippen LogP contribution < -0.4 is 0 Å². The Bertz CT molecular complexity index is 374. The Balaban J connectivity index is 2.35. The van der Waals surface area contributed by atoms with Gasteiger partial charge in [-0.3, -0.25) is 4.79 Å². The summed E-state index contributed by atoms with van der Waals surface area (Å²) in [4.78, 5) is 11.4. The van der Waals surface area contributed by atoms with Crippen LogP contribution in [-0.4, -0.2) is 13.1 Å². The molecule has 0 fully saturated rings. The molecule has 3 heteroatoms. The normalized spacial score (nSPS) is 19.1. The van der Waals surface area contributed by atoms with Gasteiger partial charge in [0, 0.05) is 5.02 Å². The summed E-state index contributed by atoms with van der Waals surface area (Å²) in [6.45, 7) is 0. The number of esters is 1. The molecule has 0 bridgehead atoms. The highest BCUT2D eigenvalue weighted by molar-refractivity contribution is 6.30. The van der Waals surface area contributed by atoms with Crippen LogP contribution in [0.2, 0.25) is 5.02 Å². The highest BCUT2D eigenvalue weighted by Crippen LogP contribution is 2.35. The molecule has 2 rings (SSSR count). The van der Waals surface area contributed by atoms with E-state index in [1.807, 2.05) is 18.2 Å². The summed E-state index contributed by atoms with van der Waals surface area (Å²) in [7, 11) is 1.43. The van der Waals surface area contributed by atoms with Crippen LogP contribution in [0.5, 0.6) is 0 Å². The van der Waals surface area contributed by atoms with Crippen LogP contribution in [0, 0.1) is 0 Å². The van der Waals surface area contributed by atoms with Crippen LogP contribution in [-0.2, 0) is 16.0 Å². The largest absolute Gasteiger partial charge is 0.469 e. The maximum atomic E-state index is 11.4. The van der Waals surface area contributed by atoms with Gasteiger partial charge in [-0.1, -0.05) is 17.7 Å². The lowest BCUT2D eigenvalue weighted by Gasteiger charge is -2.08. The van der Waals surface area contributed by atoms with Gasteiger partial charge in [-0.15, -0.1) is 0 Å². The van der Waals surface area contributed by atoms with Crippen molar-refractivity contribution in [1.82, 2.24) is 0 Å². The number of aryl methyl sites for hydroxylation is 1. The fourth-order valence-corrected chi connectivity index (χ4v) is 2.17. The van der Waals surface area contributed by atoms with E-state index in [9.17, 15) is 4.79 Å². The van der Waals surface area contributed by atoms with Gasteiger partial charge in [0.15, 0.2) is 0 Å². The first kappa shape index (κ1) is 9.53. The minimum atomic E-state index is -0.147. The number of rotatable bonds is 1. The molecule has 0 saturated heterocycles. The Kier molecular flexibility index (Phi) is 2.46. The molecule has 0 unspecified atom stereocenters. The molecular formula is C11H11ClO2. The molecule has 74 valence electrons. The van der Waals surface area contributed by atoms with E-state index in [4.69, 9.17) is 16.3 Å². The van der Waals surface area contributed by atoms with Crippen LogP contribution in [0.15, 0.2) is 18.2 Å². The van der Waals surface area contributed by atoms with Gasteiger partial charge in [0.25, 0.3) is 0 Å². The fraction of sp³-hybridized carbons (Fsp3) is 0.364. The second-order valence-electron chi connectivity index (χ2n) is 3.46. The van der Waals surface area contributed by atoms with E-state index in [0.717, 1.165) is 23.4 Å². The Morgan fingerprint density at radius 1 is 1.57 bits per heavy atom. The van der Waals surface area contributed by atoms with Crippen molar-refractivity contribution in [3.8, 4) is 0 Å². The summed E-state index contributed by atoms with van der Waals surface area (Å²) < 4.78 is 4.75. The predicted octanol–water partition coefficient (Wildman–Crippen LogP) is 2.54. The molecule has 0 spiro atoms. The Morgan fingerprint density at radius 2 is 2.36 bits per heavy atom. The zero-order valence-electron chi connectivity index (χ0n) is 7.92. The number of hydrogen-bond acceptors (Lipinski definition) is 2. The van der Waals surface area contributed by atoms with E-state index in [1.165, 1.54) is 12.7 Å². The van der Waals surface area contributed by atoms with E-state index in [0.29, 0.717) is 0 Å². The van der Waals surface area contributed by atoms with Crippen molar-refractivity contribution in [2.24, 2.45) is 0 Å². The zero-order valence-corrected chi connectivity index (χ0v) is 8.67. The Labute approximate surface area is 87.8 Å². The summed E-state index contributed by atoms with van der Waals surface area (Å²) in [6, 6.07) is 5.67. The smallest absolute Gasteiger partial charge is 0.313 e. The third-order valence-electron chi connectivity index (χ3n) is 2.67. The van der Waals surface area contributed by atoms with Crippen molar-refractivity contribution in [2.45, 2.75) is 18.8 Å². The van der Waals surface area contributed by atoms with E-state index in [-0.39, 0.29) is 11.9 Å². The van der Waals surface area contributed by atoms with Gasteiger partial charge in [-0.05, 0) is 36.1 Å². The molecule has 2 nitrogen and oxygen atoms in total. The molecule has 0 N–H and O–H groups in total. The highest BCUT2D eigenvalue weighted by Gasteiger charge is 2.29. The van der Waals surface area contributed by atoms with Gasteiger partial charge in [0.2, 0.25) is 0 Å². The predicted molar refractivity (Wildman–Crippen MR) is 54.5 cm³/mol. The van der Waals surface area contributed by atoms with Crippen LogP contribution in [0.1, 0.15) is 23.5 Å². The van der Waals surface area contributed by atoms with Crippen LogP contribution in [0.3, 0.4) is 0 Å². The van der Waals surface area contributed by atoms with Gasteiger partial charge >= 0.3 is 5.97 Å². The monoisotopic (exact) mass is 210 g/mol. The lowest BCUT2D eigenvalue weighted by molar-refractivity contribution is -0.142. The summed E-state index contributed by atoms with van der Waals surface area (Å²) in [5, 5.41) is 0.731. The summed E-state index contributed by atoms with van der Waals surface area (Å²) >= 11 is 5.87. The first-order valence-corrected chi connectivity index (χ1v) is 4.96. The van der Waals surface area contributed by atoms with Crippen molar-refractivity contribution in [3.63, 3.8) is 0 Å². The number of halogens is 1. The molecular weight excluding hydrogens is 200 g/mol. The average Bonchev–Trinajstić information content (AvgIpc) is 2.59. The standard InChI is InChI=1S/C11H11ClO2/c1-14-11(13)10-4-2-7-6-8(12)3-5-9(7)10/h3,5-6,10H,2,4H2,1H3/t10-/m0/s1. The van der Waals surface area contributed by atoms with Crippen LogP contribution in [0.4, 0.5) is 0 Å². The minimum Gasteiger partial charge on any atom is -0.469 e. The van der Waals surface area contributed by atoms with Gasteiger partial charge in [-0.2, -0.15) is 0 Å². The number of ether oxygens (including phenoxy) is 1. The number of fused-ring (bicyclic) bond motifs is 1. The Morgan fingerprint density at radius 3 is 3.07 bits per heavy atom. The molecule has 14 heavy (non-hydrogen) atoms. The number of benzene rings is 1. The van der Waals surface area contributed by atoms with E-state index >= 15 is 0 Å². The molecule has 1 aliphatic rings. The van der Waals surface area contributed by atoms with E-state index in [1.54, 1.807) is 0 Å². The molecule has 0 heterocycles. The number of methoxy groups -OCH3 is 1. The van der Waals surface area contributed by atoms with Gasteiger partial charge in [0.05, 0.1) is 13.0 Å². The summed E-state index contributed by atoms with van der Waals surface area (Å²) in [5.41, 5.74) is 2.24. The lowest BCUT2D eigenvalue weighted by atomic mass is 10.0. The molecule has 0 aliphatic heterocycles. The van der Waals surface area contributed by atoms with Crippen molar-refractivity contribution >= 4 is 17.6 Å². The first-order valence-electron chi connectivity index (χ1n) is 4.58. The second-order valence-corrected chi connectivity index (χ2v) is 3.89. The molecule has 1 aromatic carbocycles. The second kappa shape index (κ2) is 3.62. The number of carbonyl (C=O) groups excluding carboxylic acids is 1. The fourth-order valence-electron chi connectivity index (χ4n) is 1.97. The topological polar surface area (TPSA) is 26.3 Å². The Hall–Kier alpha value is -1.02. The average molecular weight is 211 g/mol. The first-order chi connectivity index (χ1) is 6.72. The molecule has 0 saturated carbocycles. The molecule has 1 aliphatic carbocycles. The zero-order chi connectivity index (χ0) is 10.1. The summed E-state index contributed by atoms with van der Waals surface area (Å²) in [6.07, 6.45) is 1.75. The SMILES string of the molecule is COC(=O)[C@H]1CCc2cc(Cl)ccc21. The van der Waals surface area contributed by atoms with Gasteiger partial charge in [0.1, 0.15) is 0 Å². The quantitative estimate of drug-likeness (QED) is 0.666. The number of hydrogen-bond donors (Lipinski definition) is 0. The number of carbonyl (C=O) groups is 1. The maximum absolute atomic E-state index is 11.4. The highest BCUT2D eigenvalue weighted by atomic mass is 35.5. The lowest BCUT2D eigenvalue weighted by Crippen LogP contribution is -2.11. The van der Waals surface area contributed by atoms with Crippen molar-refractivity contribution in [2.75, 3.05) is 7.11 Å². The van der Waals surface area contributed by atoms with Crippen molar-refractivity contribution in [1.29, 1.82) is 0 Å². The van der Waals surface area contributed by atoms with Crippen LogP contribution in [0.25, 0.3) is 0 Å². The molecule has 0 amide bonds. The minimum absolute atomic E-state index is 0.0905. The van der Waals surface area contributed by atoms with Gasteiger partial charge < -0.3 is 4.74 Å². The molecule has 1 aromatic rings. The third-order valence-corrected chi connectivity index (χ3v) is 2.90. The molecule has 0 radical (unpaired) electrons. The van der Waals surface area contributed by atoms with Crippen LogP contribution >= 0.6 is 11.6 Å². The van der Waals surface area contributed by atoms with Gasteiger partial charge in [-0.25, -0.2) is 0 Å².